The Morgan fingerprint density at radius 1 is 1.30 bits per heavy atom. The highest BCUT2D eigenvalue weighted by Crippen LogP contribution is 2.32. The highest BCUT2D eigenvalue weighted by molar-refractivity contribution is 5.86. The number of carbonyl (C=O) groups is 1. The third kappa shape index (κ3) is 3.39. The topological polar surface area (TPSA) is 29.1 Å². The summed E-state index contributed by atoms with van der Waals surface area (Å²) in [7, 11) is 0. The zero-order chi connectivity index (χ0) is 14.8. The first-order valence-corrected chi connectivity index (χ1v) is 6.71. The summed E-state index contributed by atoms with van der Waals surface area (Å²) < 4.78 is 37.9. The smallest absolute Gasteiger partial charge is 0.317 e. The van der Waals surface area contributed by atoms with Crippen LogP contribution < -0.4 is 5.32 Å². The molecule has 2 nitrogen and oxygen atoms in total. The van der Waals surface area contributed by atoms with Gasteiger partial charge in [0.25, 0.3) is 0 Å². The molecule has 1 saturated heterocycles. The summed E-state index contributed by atoms with van der Waals surface area (Å²) in [6.07, 6.45) is -2.81. The molecule has 0 radical (unpaired) electrons. The van der Waals surface area contributed by atoms with Crippen LogP contribution in [0, 0.1) is 5.41 Å². The number of halogens is 3. The van der Waals surface area contributed by atoms with Crippen LogP contribution in [0.1, 0.15) is 30.9 Å². The third-order valence-corrected chi connectivity index (χ3v) is 4.00. The summed E-state index contributed by atoms with van der Waals surface area (Å²) in [6, 6.07) is 5.04. The van der Waals surface area contributed by atoms with Crippen LogP contribution in [0.5, 0.6) is 0 Å². The molecule has 2 rings (SSSR count). The van der Waals surface area contributed by atoms with Crippen molar-refractivity contribution >= 4 is 5.78 Å². The Labute approximate surface area is 116 Å². The fourth-order valence-electron chi connectivity index (χ4n) is 2.51. The molecule has 110 valence electrons. The average molecular weight is 285 g/mol. The molecule has 1 aromatic rings. The number of hydrogen-bond acceptors (Lipinski definition) is 2. The molecule has 0 bridgehead atoms. The summed E-state index contributed by atoms with van der Waals surface area (Å²) in [6.45, 7) is 3.47. The molecule has 0 spiro atoms. The van der Waals surface area contributed by atoms with E-state index in [0.29, 0.717) is 5.56 Å². The van der Waals surface area contributed by atoms with Crippen LogP contribution in [0.2, 0.25) is 0 Å². The number of carbonyl (C=O) groups excluding carboxylic acids is 1. The minimum atomic E-state index is -4.36. The van der Waals surface area contributed by atoms with Gasteiger partial charge in [0, 0.05) is 11.8 Å². The summed E-state index contributed by atoms with van der Waals surface area (Å²) in [5, 5.41) is 3.19. The maximum absolute atomic E-state index is 12.6. The first kappa shape index (κ1) is 15.0. The Morgan fingerprint density at radius 2 is 1.95 bits per heavy atom. The molecular weight excluding hydrogens is 267 g/mol. The number of ketones is 1. The molecule has 1 aromatic carbocycles. The van der Waals surface area contributed by atoms with E-state index in [1.165, 1.54) is 6.07 Å². The van der Waals surface area contributed by atoms with Gasteiger partial charge in [0.15, 0.2) is 0 Å². The van der Waals surface area contributed by atoms with Gasteiger partial charge < -0.3 is 5.32 Å². The minimum Gasteiger partial charge on any atom is -0.317 e. The van der Waals surface area contributed by atoms with E-state index in [4.69, 9.17) is 0 Å². The van der Waals surface area contributed by atoms with E-state index in [1.807, 2.05) is 6.92 Å². The third-order valence-electron chi connectivity index (χ3n) is 4.00. The summed E-state index contributed by atoms with van der Waals surface area (Å²) in [5.74, 6) is 0.0262. The summed E-state index contributed by atoms with van der Waals surface area (Å²) >= 11 is 0. The Morgan fingerprint density at radius 3 is 2.55 bits per heavy atom. The lowest BCUT2D eigenvalue weighted by molar-refractivity contribution is -0.137. The largest absolute Gasteiger partial charge is 0.416 e. The van der Waals surface area contributed by atoms with Crippen molar-refractivity contribution in [1.29, 1.82) is 0 Å². The second kappa shape index (κ2) is 5.56. The lowest BCUT2D eigenvalue weighted by Crippen LogP contribution is -2.40. The lowest BCUT2D eigenvalue weighted by Gasteiger charge is -2.32. The van der Waals surface area contributed by atoms with Gasteiger partial charge in [-0.2, -0.15) is 13.2 Å². The van der Waals surface area contributed by atoms with Crippen molar-refractivity contribution < 1.29 is 18.0 Å². The first-order chi connectivity index (χ1) is 9.31. The normalized spacial score (nSPS) is 18.8. The Kier molecular flexibility index (Phi) is 4.18. The number of rotatable bonds is 3. The van der Waals surface area contributed by atoms with Gasteiger partial charge in [-0.05, 0) is 37.6 Å². The number of piperidine rings is 1. The predicted octanol–water partition coefficient (Wildman–Crippen LogP) is 3.21. The molecule has 0 amide bonds. The van der Waals surface area contributed by atoms with Gasteiger partial charge in [0.1, 0.15) is 5.78 Å². The molecule has 1 aliphatic rings. The SMILES string of the molecule is CC1(C(=O)Cc2cccc(C(F)(F)F)c2)CCNCC1. The van der Waals surface area contributed by atoms with Crippen LogP contribution in [-0.4, -0.2) is 18.9 Å². The van der Waals surface area contributed by atoms with Gasteiger partial charge in [-0.25, -0.2) is 0 Å². The second-order valence-corrected chi connectivity index (χ2v) is 5.61. The van der Waals surface area contributed by atoms with E-state index in [9.17, 15) is 18.0 Å². The quantitative estimate of drug-likeness (QED) is 0.924. The number of Topliss-reactive ketones (excluding diaryl/α,β-unsaturated/α-hetero) is 1. The fourth-order valence-corrected chi connectivity index (χ4v) is 2.51. The van der Waals surface area contributed by atoms with E-state index < -0.39 is 17.2 Å². The summed E-state index contributed by atoms with van der Waals surface area (Å²) in [4.78, 5) is 12.3. The number of nitrogens with one attached hydrogen (secondary N) is 1. The molecule has 20 heavy (non-hydrogen) atoms. The van der Waals surface area contributed by atoms with Crippen LogP contribution in [0.3, 0.4) is 0 Å². The fraction of sp³-hybridized carbons (Fsp3) is 0.533. The van der Waals surface area contributed by atoms with Crippen molar-refractivity contribution in [3.05, 3.63) is 35.4 Å². The van der Waals surface area contributed by atoms with Gasteiger partial charge in [0.05, 0.1) is 5.56 Å². The predicted molar refractivity (Wildman–Crippen MR) is 70.4 cm³/mol. The van der Waals surface area contributed by atoms with Gasteiger partial charge >= 0.3 is 6.18 Å². The van der Waals surface area contributed by atoms with Gasteiger partial charge in [-0.1, -0.05) is 25.1 Å². The molecule has 0 aliphatic carbocycles. The molecule has 1 heterocycles. The second-order valence-electron chi connectivity index (χ2n) is 5.61. The maximum atomic E-state index is 12.6. The van der Waals surface area contributed by atoms with Crippen LogP contribution in [0.15, 0.2) is 24.3 Å². The zero-order valence-corrected chi connectivity index (χ0v) is 11.4. The minimum absolute atomic E-state index is 0.0262. The standard InChI is InChI=1S/C15H18F3NO/c1-14(5-7-19-8-6-14)13(20)10-11-3-2-4-12(9-11)15(16,17)18/h2-4,9,19H,5-8,10H2,1H3. The van der Waals surface area contributed by atoms with Crippen molar-refractivity contribution in [3.63, 3.8) is 0 Å². The van der Waals surface area contributed by atoms with E-state index in [-0.39, 0.29) is 12.2 Å². The van der Waals surface area contributed by atoms with Crippen molar-refractivity contribution in [2.24, 2.45) is 5.41 Å². The van der Waals surface area contributed by atoms with E-state index >= 15 is 0 Å². The van der Waals surface area contributed by atoms with Crippen molar-refractivity contribution in [3.8, 4) is 0 Å². The molecule has 5 heteroatoms. The van der Waals surface area contributed by atoms with E-state index in [0.717, 1.165) is 38.1 Å². The molecule has 1 aliphatic heterocycles. The van der Waals surface area contributed by atoms with Crippen LogP contribution in [-0.2, 0) is 17.4 Å². The molecule has 0 atom stereocenters. The lowest BCUT2D eigenvalue weighted by atomic mass is 9.75. The van der Waals surface area contributed by atoms with Crippen LogP contribution >= 0.6 is 0 Å². The highest BCUT2D eigenvalue weighted by atomic mass is 19.4. The van der Waals surface area contributed by atoms with Gasteiger partial charge in [-0.3, -0.25) is 4.79 Å². The molecule has 0 unspecified atom stereocenters. The Bertz CT molecular complexity index is 490. The molecule has 1 N–H and O–H groups in total. The molecule has 0 aromatic heterocycles. The highest BCUT2D eigenvalue weighted by Gasteiger charge is 2.35. The molecule has 1 fully saturated rings. The molecule has 0 saturated carbocycles. The van der Waals surface area contributed by atoms with Crippen molar-refractivity contribution in [2.45, 2.75) is 32.4 Å². The molecular formula is C15H18F3NO. The van der Waals surface area contributed by atoms with E-state index in [1.54, 1.807) is 6.07 Å². The van der Waals surface area contributed by atoms with Crippen LogP contribution in [0.4, 0.5) is 13.2 Å². The monoisotopic (exact) mass is 285 g/mol. The number of hydrogen-bond donors (Lipinski definition) is 1. The number of alkyl halides is 3. The van der Waals surface area contributed by atoms with Crippen molar-refractivity contribution in [1.82, 2.24) is 5.32 Å². The first-order valence-electron chi connectivity index (χ1n) is 6.71. The van der Waals surface area contributed by atoms with E-state index in [2.05, 4.69) is 5.32 Å². The van der Waals surface area contributed by atoms with Gasteiger partial charge in [0.2, 0.25) is 0 Å². The maximum Gasteiger partial charge on any atom is 0.416 e. The average Bonchev–Trinajstić information content (AvgIpc) is 2.39. The van der Waals surface area contributed by atoms with Gasteiger partial charge in [-0.15, -0.1) is 0 Å². The zero-order valence-electron chi connectivity index (χ0n) is 11.4. The van der Waals surface area contributed by atoms with Crippen LogP contribution in [0.25, 0.3) is 0 Å². The van der Waals surface area contributed by atoms with Crippen molar-refractivity contribution in [2.75, 3.05) is 13.1 Å². The Hall–Kier alpha value is -1.36. The number of benzene rings is 1. The Balaban J connectivity index is 2.12. The summed E-state index contributed by atoms with van der Waals surface area (Å²) in [5.41, 5.74) is -0.678.